The monoisotopic (exact) mass is 483 g/mol. The van der Waals surface area contributed by atoms with Crippen LogP contribution in [0.4, 0.5) is 17.1 Å². The molecule has 4 aromatic carbocycles. The van der Waals surface area contributed by atoms with Gasteiger partial charge >= 0.3 is 0 Å². The summed E-state index contributed by atoms with van der Waals surface area (Å²) in [6, 6.07) is 35.3. The maximum absolute atomic E-state index is 13.2. The summed E-state index contributed by atoms with van der Waals surface area (Å²) in [6.45, 7) is 2.05. The van der Waals surface area contributed by atoms with E-state index in [1.807, 2.05) is 116 Å². The van der Waals surface area contributed by atoms with E-state index in [0.717, 1.165) is 27.5 Å². The Labute approximate surface area is 209 Å². The van der Waals surface area contributed by atoms with Crippen molar-refractivity contribution in [1.29, 1.82) is 0 Å². The topological polar surface area (TPSA) is 53.2 Å². The number of carbonyl (C=O) groups is 1. The molecule has 0 aliphatic rings. The largest absolute Gasteiger partial charge is 0.332 e. The lowest BCUT2D eigenvalue weighted by Crippen LogP contribution is -2.19. The minimum absolute atomic E-state index is 0.0719. The summed E-state index contributed by atoms with van der Waals surface area (Å²) in [5.74, 6) is -0.0719. The van der Waals surface area contributed by atoms with Crippen LogP contribution in [0.2, 0.25) is 0 Å². The van der Waals surface area contributed by atoms with E-state index in [-0.39, 0.29) is 5.91 Å². The molecule has 0 aliphatic heterocycles. The molecule has 0 spiro atoms. The lowest BCUT2D eigenvalue weighted by atomic mass is 10.1. The quantitative estimate of drug-likeness (QED) is 0.191. The molecule has 4 nitrogen and oxygen atoms in total. The Morgan fingerprint density at radius 3 is 2.00 bits per heavy atom. The third-order valence-electron chi connectivity index (χ3n) is 5.04. The Morgan fingerprint density at radius 2 is 1.29 bits per heavy atom. The first kappa shape index (κ1) is 23.5. The molecule has 170 valence electrons. The second-order valence-electron chi connectivity index (χ2n) is 7.74. The molecule has 0 bridgehead atoms. The molecule has 4 aromatic rings. The molecule has 3 N–H and O–H groups in total. The third-order valence-corrected chi connectivity index (χ3v) is 6.49. The molecular formula is C28H25N3OS2. The highest BCUT2D eigenvalue weighted by Gasteiger charge is 2.22. The minimum atomic E-state index is -0.408. The standard InChI is InChI=1S/C28H25N3OS2/c1-20-15-17-23(18-16-20)30-28(33)31-24-13-8-14-25(19-24)34-26(21-9-4-2-5-10-21)27(32)29-22-11-6-3-7-12-22/h2-19,26H,1H3,(H,29,32)(H2,30,31,33). The molecule has 0 fully saturated rings. The van der Waals surface area contributed by atoms with Gasteiger partial charge in [-0.15, -0.1) is 11.8 Å². The van der Waals surface area contributed by atoms with Crippen LogP contribution >= 0.6 is 24.0 Å². The second-order valence-corrected chi connectivity index (χ2v) is 9.32. The van der Waals surface area contributed by atoms with Crippen LogP contribution in [-0.2, 0) is 4.79 Å². The van der Waals surface area contributed by atoms with Gasteiger partial charge in [-0.05, 0) is 67.2 Å². The Bertz CT molecular complexity index is 1250. The zero-order chi connectivity index (χ0) is 23.8. The van der Waals surface area contributed by atoms with E-state index in [1.165, 1.54) is 17.3 Å². The molecule has 1 unspecified atom stereocenters. The maximum atomic E-state index is 13.2. The lowest BCUT2D eigenvalue weighted by Gasteiger charge is -2.18. The smallest absolute Gasteiger partial charge is 0.242 e. The van der Waals surface area contributed by atoms with Crippen LogP contribution in [0.15, 0.2) is 114 Å². The predicted molar refractivity (Wildman–Crippen MR) is 148 cm³/mol. The summed E-state index contributed by atoms with van der Waals surface area (Å²) in [5, 5.41) is 9.56. The van der Waals surface area contributed by atoms with Gasteiger partial charge in [0.1, 0.15) is 5.25 Å². The molecule has 0 saturated carbocycles. The van der Waals surface area contributed by atoms with Gasteiger partial charge in [0, 0.05) is 22.0 Å². The van der Waals surface area contributed by atoms with Crippen LogP contribution in [-0.4, -0.2) is 11.0 Å². The summed E-state index contributed by atoms with van der Waals surface area (Å²) >= 11 is 6.98. The Hall–Kier alpha value is -3.61. The highest BCUT2D eigenvalue weighted by Crippen LogP contribution is 2.37. The number of thiocarbonyl (C=S) groups is 1. The fourth-order valence-corrected chi connectivity index (χ4v) is 4.66. The summed E-state index contributed by atoms with van der Waals surface area (Å²) in [5.41, 5.74) is 4.69. The van der Waals surface area contributed by atoms with E-state index in [0.29, 0.717) is 5.11 Å². The van der Waals surface area contributed by atoms with Gasteiger partial charge in [0.2, 0.25) is 5.91 Å². The molecule has 0 radical (unpaired) electrons. The fourth-order valence-electron chi connectivity index (χ4n) is 3.34. The van der Waals surface area contributed by atoms with Gasteiger partial charge in [-0.1, -0.05) is 72.3 Å². The molecule has 0 heterocycles. The molecule has 6 heteroatoms. The van der Waals surface area contributed by atoms with E-state index in [9.17, 15) is 4.79 Å². The van der Waals surface area contributed by atoms with E-state index < -0.39 is 5.25 Å². The molecule has 1 amide bonds. The van der Waals surface area contributed by atoms with Crippen molar-refractivity contribution in [2.45, 2.75) is 17.1 Å². The van der Waals surface area contributed by atoms with Crippen molar-refractivity contribution in [2.24, 2.45) is 0 Å². The average Bonchev–Trinajstić information content (AvgIpc) is 2.85. The van der Waals surface area contributed by atoms with Gasteiger partial charge in [0.15, 0.2) is 5.11 Å². The van der Waals surface area contributed by atoms with Crippen LogP contribution < -0.4 is 16.0 Å². The van der Waals surface area contributed by atoms with Crippen LogP contribution in [0, 0.1) is 6.92 Å². The molecule has 0 aliphatic carbocycles. The van der Waals surface area contributed by atoms with Gasteiger partial charge < -0.3 is 16.0 Å². The maximum Gasteiger partial charge on any atom is 0.242 e. The highest BCUT2D eigenvalue weighted by atomic mass is 32.2. The van der Waals surface area contributed by atoms with Gasteiger partial charge in [-0.2, -0.15) is 0 Å². The van der Waals surface area contributed by atoms with Crippen molar-refractivity contribution < 1.29 is 4.79 Å². The number of anilines is 3. The van der Waals surface area contributed by atoms with Crippen molar-refractivity contribution >= 4 is 52.1 Å². The van der Waals surface area contributed by atoms with Crippen molar-refractivity contribution in [2.75, 3.05) is 16.0 Å². The zero-order valence-corrected chi connectivity index (χ0v) is 20.3. The lowest BCUT2D eigenvalue weighted by molar-refractivity contribution is -0.115. The van der Waals surface area contributed by atoms with Crippen molar-refractivity contribution in [1.82, 2.24) is 0 Å². The summed E-state index contributed by atoms with van der Waals surface area (Å²) in [4.78, 5) is 14.2. The molecule has 0 aromatic heterocycles. The van der Waals surface area contributed by atoms with Crippen LogP contribution in [0.5, 0.6) is 0 Å². The van der Waals surface area contributed by atoms with Gasteiger partial charge in [-0.3, -0.25) is 4.79 Å². The van der Waals surface area contributed by atoms with E-state index >= 15 is 0 Å². The summed E-state index contributed by atoms with van der Waals surface area (Å²) in [6.07, 6.45) is 0. The number of hydrogen-bond donors (Lipinski definition) is 3. The molecule has 34 heavy (non-hydrogen) atoms. The zero-order valence-electron chi connectivity index (χ0n) is 18.7. The van der Waals surface area contributed by atoms with Crippen molar-refractivity contribution in [3.05, 3.63) is 120 Å². The molecule has 1 atom stereocenters. The molecule has 4 rings (SSSR count). The highest BCUT2D eigenvalue weighted by molar-refractivity contribution is 8.00. The number of aryl methyl sites for hydroxylation is 1. The fraction of sp³-hybridized carbons (Fsp3) is 0.0714. The number of rotatable bonds is 7. The number of benzene rings is 4. The Morgan fingerprint density at radius 1 is 0.706 bits per heavy atom. The number of para-hydroxylation sites is 1. The first-order valence-electron chi connectivity index (χ1n) is 10.9. The predicted octanol–water partition coefficient (Wildman–Crippen LogP) is 7.28. The van der Waals surface area contributed by atoms with E-state index in [1.54, 1.807) is 0 Å². The minimum Gasteiger partial charge on any atom is -0.332 e. The number of hydrogen-bond acceptors (Lipinski definition) is 3. The van der Waals surface area contributed by atoms with Crippen LogP contribution in [0.3, 0.4) is 0 Å². The Balaban J connectivity index is 1.48. The number of carbonyl (C=O) groups excluding carboxylic acids is 1. The molecule has 0 saturated heterocycles. The van der Waals surface area contributed by atoms with Crippen LogP contribution in [0.25, 0.3) is 0 Å². The second kappa shape index (κ2) is 11.5. The van der Waals surface area contributed by atoms with Gasteiger partial charge in [0.05, 0.1) is 0 Å². The number of amides is 1. The normalized spacial score (nSPS) is 11.3. The van der Waals surface area contributed by atoms with Crippen molar-refractivity contribution in [3.63, 3.8) is 0 Å². The van der Waals surface area contributed by atoms with E-state index in [2.05, 4.69) is 16.0 Å². The van der Waals surface area contributed by atoms with E-state index in [4.69, 9.17) is 12.2 Å². The average molecular weight is 484 g/mol. The van der Waals surface area contributed by atoms with Gasteiger partial charge in [0.25, 0.3) is 0 Å². The SMILES string of the molecule is Cc1ccc(NC(=S)Nc2cccc(SC(C(=O)Nc3ccccc3)c3ccccc3)c2)cc1. The molecular weight excluding hydrogens is 458 g/mol. The third kappa shape index (κ3) is 6.70. The number of nitrogens with one attached hydrogen (secondary N) is 3. The summed E-state index contributed by atoms with van der Waals surface area (Å²) in [7, 11) is 0. The van der Waals surface area contributed by atoms with Gasteiger partial charge in [-0.25, -0.2) is 0 Å². The Kier molecular flexibility index (Phi) is 7.96. The van der Waals surface area contributed by atoms with Crippen LogP contribution in [0.1, 0.15) is 16.4 Å². The first-order valence-corrected chi connectivity index (χ1v) is 12.2. The number of thioether (sulfide) groups is 1. The van der Waals surface area contributed by atoms with Crippen molar-refractivity contribution in [3.8, 4) is 0 Å². The first-order chi connectivity index (χ1) is 16.6. The summed E-state index contributed by atoms with van der Waals surface area (Å²) < 4.78 is 0.